The maximum absolute atomic E-state index is 12.4. The van der Waals surface area contributed by atoms with Gasteiger partial charge in [0, 0.05) is 19.0 Å². The van der Waals surface area contributed by atoms with Gasteiger partial charge in [-0.05, 0) is 25.1 Å². The van der Waals surface area contributed by atoms with Crippen LogP contribution in [-0.2, 0) is 6.42 Å². The number of carbonyl (C=O) groups excluding carboxylic acids is 1. The first-order valence-corrected chi connectivity index (χ1v) is 6.68. The van der Waals surface area contributed by atoms with E-state index in [1.54, 1.807) is 30.1 Å². The minimum atomic E-state index is -0.237. The average molecular weight is 273 g/mol. The summed E-state index contributed by atoms with van der Waals surface area (Å²) in [5.41, 5.74) is 0.714. The van der Waals surface area contributed by atoms with Gasteiger partial charge in [-0.15, -0.1) is 0 Å². The number of phenolic OH excluding ortho intramolecular Hbond substituents is 1. The van der Waals surface area contributed by atoms with E-state index in [2.05, 4.69) is 0 Å². The number of aromatic hydroxyl groups is 1. The van der Waals surface area contributed by atoms with E-state index in [9.17, 15) is 9.90 Å². The quantitative estimate of drug-likeness (QED) is 0.929. The molecule has 0 aliphatic heterocycles. The number of benzene rings is 1. The first kappa shape index (κ1) is 14.2. The van der Waals surface area contributed by atoms with Crippen molar-refractivity contribution in [1.82, 2.24) is 4.90 Å². The minimum absolute atomic E-state index is 0.188. The Labute approximate surface area is 118 Å². The van der Waals surface area contributed by atoms with Crippen LogP contribution in [0, 0.1) is 0 Å². The van der Waals surface area contributed by atoms with Crippen LogP contribution in [0.5, 0.6) is 5.75 Å². The van der Waals surface area contributed by atoms with E-state index in [0.717, 1.165) is 12.2 Å². The van der Waals surface area contributed by atoms with Crippen LogP contribution in [0.4, 0.5) is 0 Å². The summed E-state index contributed by atoms with van der Waals surface area (Å²) in [4.78, 5) is 13.9. The lowest BCUT2D eigenvalue weighted by atomic mass is 10.1. The lowest BCUT2D eigenvalue weighted by Crippen LogP contribution is -2.29. The molecular weight excluding hydrogens is 254 g/mol. The fourth-order valence-electron chi connectivity index (χ4n) is 2.08. The molecule has 1 unspecified atom stereocenters. The van der Waals surface area contributed by atoms with Crippen LogP contribution < -0.4 is 0 Å². The Kier molecular flexibility index (Phi) is 4.13. The molecule has 1 aromatic carbocycles. The van der Waals surface area contributed by atoms with E-state index >= 15 is 0 Å². The van der Waals surface area contributed by atoms with E-state index in [1.807, 2.05) is 32.0 Å². The Morgan fingerprint density at radius 2 is 2.00 bits per heavy atom. The van der Waals surface area contributed by atoms with Gasteiger partial charge in [0.15, 0.2) is 5.76 Å². The van der Waals surface area contributed by atoms with Gasteiger partial charge in [-0.2, -0.15) is 0 Å². The number of amides is 1. The normalized spacial score (nSPS) is 12.2. The van der Waals surface area contributed by atoms with Crippen LogP contribution >= 0.6 is 0 Å². The predicted octanol–water partition coefficient (Wildman–Crippen LogP) is 3.38. The molecule has 1 aromatic heterocycles. The number of furan rings is 1. The third-order valence-corrected chi connectivity index (χ3v) is 3.51. The molecule has 0 spiro atoms. The third kappa shape index (κ3) is 2.69. The second-order valence-corrected chi connectivity index (χ2v) is 4.77. The highest BCUT2D eigenvalue weighted by Crippen LogP contribution is 2.28. The van der Waals surface area contributed by atoms with Crippen molar-refractivity contribution in [1.29, 1.82) is 0 Å². The fraction of sp³-hybridized carbons (Fsp3) is 0.312. The topological polar surface area (TPSA) is 53.7 Å². The molecule has 1 heterocycles. The molecule has 4 heteroatoms. The van der Waals surface area contributed by atoms with Crippen LogP contribution in [0.3, 0.4) is 0 Å². The molecule has 2 aromatic rings. The van der Waals surface area contributed by atoms with Crippen LogP contribution in [0.1, 0.15) is 41.8 Å². The number of rotatable bonds is 4. The van der Waals surface area contributed by atoms with Crippen LogP contribution in [0.15, 0.2) is 40.8 Å². The Balaban J connectivity index is 2.20. The van der Waals surface area contributed by atoms with Crippen molar-refractivity contribution in [2.45, 2.75) is 26.3 Å². The molecule has 1 atom stereocenters. The van der Waals surface area contributed by atoms with Crippen molar-refractivity contribution in [3.63, 3.8) is 0 Å². The second-order valence-electron chi connectivity index (χ2n) is 4.77. The summed E-state index contributed by atoms with van der Waals surface area (Å²) < 4.78 is 5.48. The van der Waals surface area contributed by atoms with E-state index in [0.29, 0.717) is 11.3 Å². The summed E-state index contributed by atoms with van der Waals surface area (Å²) in [6.45, 7) is 3.85. The highest BCUT2D eigenvalue weighted by atomic mass is 16.4. The largest absolute Gasteiger partial charge is 0.508 e. The highest BCUT2D eigenvalue weighted by molar-refractivity contribution is 5.91. The van der Waals surface area contributed by atoms with Crippen molar-refractivity contribution in [3.05, 3.63) is 53.5 Å². The maximum Gasteiger partial charge on any atom is 0.289 e. The number of carbonyl (C=O) groups is 1. The molecule has 0 saturated carbocycles. The zero-order valence-corrected chi connectivity index (χ0v) is 12.0. The van der Waals surface area contributed by atoms with Crippen molar-refractivity contribution in [2.75, 3.05) is 7.05 Å². The van der Waals surface area contributed by atoms with Gasteiger partial charge in [-0.1, -0.05) is 25.1 Å². The SMILES string of the molecule is CCc1ccc(C(=O)N(C)C(C)c2ccccc2O)o1. The summed E-state index contributed by atoms with van der Waals surface area (Å²) in [5.74, 6) is 1.11. The minimum Gasteiger partial charge on any atom is -0.508 e. The van der Waals surface area contributed by atoms with E-state index in [1.165, 1.54) is 0 Å². The summed E-state index contributed by atoms with van der Waals surface area (Å²) >= 11 is 0. The van der Waals surface area contributed by atoms with Gasteiger partial charge in [0.25, 0.3) is 5.91 Å². The van der Waals surface area contributed by atoms with Gasteiger partial charge in [0.05, 0.1) is 6.04 Å². The average Bonchev–Trinajstić information content (AvgIpc) is 2.94. The smallest absolute Gasteiger partial charge is 0.289 e. The Morgan fingerprint density at radius 3 is 2.60 bits per heavy atom. The molecule has 1 amide bonds. The first-order valence-electron chi connectivity index (χ1n) is 6.68. The van der Waals surface area contributed by atoms with Gasteiger partial charge >= 0.3 is 0 Å². The maximum atomic E-state index is 12.4. The molecule has 0 saturated heterocycles. The lowest BCUT2D eigenvalue weighted by Gasteiger charge is -2.25. The zero-order valence-electron chi connectivity index (χ0n) is 12.0. The summed E-state index contributed by atoms with van der Waals surface area (Å²) in [6, 6.07) is 10.3. The number of phenols is 1. The van der Waals surface area contributed by atoms with Crippen LogP contribution in [0.2, 0.25) is 0 Å². The highest BCUT2D eigenvalue weighted by Gasteiger charge is 2.23. The van der Waals surface area contributed by atoms with E-state index in [4.69, 9.17) is 4.42 Å². The number of nitrogens with zero attached hydrogens (tertiary/aromatic N) is 1. The van der Waals surface area contributed by atoms with E-state index in [-0.39, 0.29) is 17.7 Å². The Bertz CT molecular complexity index is 603. The van der Waals surface area contributed by atoms with Crippen molar-refractivity contribution in [2.24, 2.45) is 0 Å². The summed E-state index contributed by atoms with van der Waals surface area (Å²) in [6.07, 6.45) is 0.756. The molecule has 2 rings (SSSR count). The van der Waals surface area contributed by atoms with E-state index < -0.39 is 0 Å². The van der Waals surface area contributed by atoms with Crippen LogP contribution in [-0.4, -0.2) is 23.0 Å². The van der Waals surface area contributed by atoms with Crippen LogP contribution in [0.25, 0.3) is 0 Å². The Hall–Kier alpha value is -2.23. The summed E-state index contributed by atoms with van der Waals surface area (Å²) in [5, 5.41) is 9.86. The third-order valence-electron chi connectivity index (χ3n) is 3.51. The monoisotopic (exact) mass is 273 g/mol. The molecule has 106 valence electrons. The van der Waals surface area contributed by atoms with Gasteiger partial charge in [0.2, 0.25) is 0 Å². The molecule has 4 nitrogen and oxygen atoms in total. The molecule has 0 aliphatic carbocycles. The summed E-state index contributed by atoms with van der Waals surface area (Å²) in [7, 11) is 1.70. The van der Waals surface area contributed by atoms with Gasteiger partial charge in [-0.3, -0.25) is 4.79 Å². The van der Waals surface area contributed by atoms with Crippen molar-refractivity contribution in [3.8, 4) is 5.75 Å². The number of hydrogen-bond donors (Lipinski definition) is 1. The van der Waals surface area contributed by atoms with Gasteiger partial charge in [0.1, 0.15) is 11.5 Å². The van der Waals surface area contributed by atoms with Crippen molar-refractivity contribution >= 4 is 5.91 Å². The molecular formula is C16H19NO3. The molecule has 0 aliphatic rings. The molecule has 1 N–H and O–H groups in total. The standard InChI is InChI=1S/C16H19NO3/c1-4-12-9-10-15(20-12)16(19)17(3)11(2)13-7-5-6-8-14(13)18/h5-11,18H,4H2,1-3H3. The predicted molar refractivity (Wildman–Crippen MR) is 76.7 cm³/mol. The van der Waals surface area contributed by atoms with Gasteiger partial charge < -0.3 is 14.4 Å². The van der Waals surface area contributed by atoms with Gasteiger partial charge in [-0.25, -0.2) is 0 Å². The first-order chi connectivity index (χ1) is 9.54. The molecule has 20 heavy (non-hydrogen) atoms. The molecule has 0 radical (unpaired) electrons. The molecule has 0 bridgehead atoms. The second kappa shape index (κ2) is 5.82. The Morgan fingerprint density at radius 1 is 1.30 bits per heavy atom. The fourth-order valence-corrected chi connectivity index (χ4v) is 2.08. The lowest BCUT2D eigenvalue weighted by molar-refractivity contribution is 0.0707. The van der Waals surface area contributed by atoms with Crippen molar-refractivity contribution < 1.29 is 14.3 Å². The molecule has 0 fully saturated rings. The number of para-hydroxylation sites is 1. The zero-order chi connectivity index (χ0) is 14.7. The number of hydrogen-bond acceptors (Lipinski definition) is 3. The number of aryl methyl sites for hydroxylation is 1.